The summed E-state index contributed by atoms with van der Waals surface area (Å²) in [5, 5.41) is 6.09. The molecule has 2 atom stereocenters. The third kappa shape index (κ3) is 4.92. The summed E-state index contributed by atoms with van der Waals surface area (Å²) >= 11 is 13.7. The van der Waals surface area contributed by atoms with Crippen LogP contribution >= 0.6 is 34.5 Å². The molecule has 0 aliphatic carbocycles. The minimum absolute atomic E-state index is 0.0106. The van der Waals surface area contributed by atoms with Gasteiger partial charge in [-0.2, -0.15) is 0 Å². The number of carbonyl (C=O) groups excluding carboxylic acids is 1. The lowest BCUT2D eigenvalue weighted by Gasteiger charge is -2.32. The molecule has 1 saturated heterocycles. The highest BCUT2D eigenvalue weighted by molar-refractivity contribution is 7.10. The fourth-order valence-corrected chi connectivity index (χ4v) is 4.76. The van der Waals surface area contributed by atoms with E-state index in [1.54, 1.807) is 29.5 Å². The molecule has 1 amide bonds. The van der Waals surface area contributed by atoms with Crippen molar-refractivity contribution >= 4 is 40.4 Å². The molecular weight excluding hydrogens is 391 g/mol. The summed E-state index contributed by atoms with van der Waals surface area (Å²) in [4.78, 5) is 16.1. The number of thiophene rings is 1. The second kappa shape index (κ2) is 9.09. The van der Waals surface area contributed by atoms with E-state index in [0.717, 1.165) is 13.1 Å². The highest BCUT2D eigenvalue weighted by atomic mass is 35.5. The van der Waals surface area contributed by atoms with E-state index in [2.05, 4.69) is 34.7 Å². The molecule has 1 aromatic carbocycles. The van der Waals surface area contributed by atoms with Crippen LogP contribution in [-0.4, -0.2) is 36.5 Å². The van der Waals surface area contributed by atoms with E-state index in [-0.39, 0.29) is 24.6 Å². The molecule has 26 heavy (non-hydrogen) atoms. The maximum atomic E-state index is 12.4. The molecule has 1 aliphatic heterocycles. The first-order chi connectivity index (χ1) is 12.5. The van der Waals surface area contributed by atoms with Gasteiger partial charge in [0, 0.05) is 15.9 Å². The Morgan fingerprint density at radius 1 is 1.31 bits per heavy atom. The largest absolute Gasteiger partial charge is 0.482 e. The summed E-state index contributed by atoms with van der Waals surface area (Å²) in [6, 6.07) is 9.33. The quantitative estimate of drug-likeness (QED) is 0.711. The lowest BCUT2D eigenvalue weighted by Crippen LogP contribution is -2.45. The van der Waals surface area contributed by atoms with E-state index in [9.17, 15) is 4.79 Å². The smallest absolute Gasteiger partial charge is 0.258 e. The molecule has 0 radical (unpaired) electrons. The standard InChI is InChI=1S/C19H22Cl2N2O2S/c1-13(19(17-5-4-10-26-17)23-8-2-3-9-23)22-18(24)12-25-16-7-6-14(20)11-15(16)21/h4-7,10-11,13,19H,2-3,8-9,12H2,1H3,(H,22,24)/t13-,19-/m0/s1. The summed E-state index contributed by atoms with van der Waals surface area (Å²) in [5.74, 6) is 0.289. The Morgan fingerprint density at radius 2 is 2.08 bits per heavy atom. The number of amides is 1. The van der Waals surface area contributed by atoms with E-state index in [1.807, 2.05) is 0 Å². The number of likely N-dealkylation sites (tertiary alicyclic amines) is 1. The van der Waals surface area contributed by atoms with Gasteiger partial charge in [0.1, 0.15) is 5.75 Å². The second-order valence-electron chi connectivity index (χ2n) is 6.42. The fraction of sp³-hybridized carbons (Fsp3) is 0.421. The van der Waals surface area contributed by atoms with Crippen LogP contribution in [0.1, 0.15) is 30.7 Å². The molecule has 0 unspecified atom stereocenters. The average molecular weight is 413 g/mol. The van der Waals surface area contributed by atoms with Gasteiger partial charge in [0.15, 0.2) is 6.61 Å². The summed E-state index contributed by atoms with van der Waals surface area (Å²) < 4.78 is 5.54. The molecule has 1 fully saturated rings. The minimum atomic E-state index is -0.163. The van der Waals surface area contributed by atoms with Crippen molar-refractivity contribution in [3.8, 4) is 5.75 Å². The zero-order valence-electron chi connectivity index (χ0n) is 14.6. The zero-order valence-corrected chi connectivity index (χ0v) is 16.9. The molecule has 3 rings (SSSR count). The number of hydrogen-bond donors (Lipinski definition) is 1. The van der Waals surface area contributed by atoms with Gasteiger partial charge in [-0.05, 0) is 62.5 Å². The number of benzene rings is 1. The van der Waals surface area contributed by atoms with Gasteiger partial charge in [0.25, 0.3) is 5.91 Å². The predicted octanol–water partition coefficient (Wildman–Crippen LogP) is 4.78. The van der Waals surface area contributed by atoms with Gasteiger partial charge in [-0.25, -0.2) is 0 Å². The van der Waals surface area contributed by atoms with Crippen molar-refractivity contribution in [1.29, 1.82) is 0 Å². The molecule has 1 aromatic heterocycles. The highest BCUT2D eigenvalue weighted by Crippen LogP contribution is 2.31. The number of rotatable bonds is 7. The van der Waals surface area contributed by atoms with Crippen molar-refractivity contribution < 1.29 is 9.53 Å². The van der Waals surface area contributed by atoms with Crippen LogP contribution in [0.2, 0.25) is 10.0 Å². The molecule has 2 aromatic rings. The lowest BCUT2D eigenvalue weighted by atomic mass is 10.1. The Morgan fingerprint density at radius 3 is 2.73 bits per heavy atom. The van der Waals surface area contributed by atoms with Crippen LogP contribution in [0, 0.1) is 0 Å². The number of nitrogens with one attached hydrogen (secondary N) is 1. The fourth-order valence-electron chi connectivity index (χ4n) is 3.33. The van der Waals surface area contributed by atoms with Gasteiger partial charge in [0.2, 0.25) is 0 Å². The predicted molar refractivity (Wildman–Crippen MR) is 107 cm³/mol. The zero-order chi connectivity index (χ0) is 18.5. The Kier molecular flexibility index (Phi) is 6.81. The summed E-state index contributed by atoms with van der Waals surface area (Å²) in [6.07, 6.45) is 2.42. The van der Waals surface area contributed by atoms with Gasteiger partial charge in [-0.1, -0.05) is 29.3 Å². The maximum absolute atomic E-state index is 12.4. The van der Waals surface area contributed by atoms with Crippen LogP contribution < -0.4 is 10.1 Å². The molecular formula is C19H22Cl2N2O2S. The Bertz CT molecular complexity index is 733. The van der Waals surface area contributed by atoms with E-state index < -0.39 is 0 Å². The number of ether oxygens (including phenoxy) is 1. The van der Waals surface area contributed by atoms with Gasteiger partial charge in [-0.3, -0.25) is 9.69 Å². The SMILES string of the molecule is C[C@H](NC(=O)COc1ccc(Cl)cc1Cl)[C@@H](c1cccs1)N1CCCC1. The summed E-state index contributed by atoms with van der Waals surface area (Å²) in [5.41, 5.74) is 0. The van der Waals surface area contributed by atoms with Gasteiger partial charge < -0.3 is 10.1 Å². The molecule has 4 nitrogen and oxygen atoms in total. The van der Waals surface area contributed by atoms with Gasteiger partial charge >= 0.3 is 0 Å². The molecule has 1 aliphatic rings. The van der Waals surface area contributed by atoms with Crippen molar-refractivity contribution in [2.24, 2.45) is 0 Å². The minimum Gasteiger partial charge on any atom is -0.482 e. The van der Waals surface area contributed by atoms with Crippen LogP contribution in [0.3, 0.4) is 0 Å². The van der Waals surface area contributed by atoms with Crippen LogP contribution in [0.15, 0.2) is 35.7 Å². The Labute approximate surface area is 168 Å². The van der Waals surface area contributed by atoms with Crippen LogP contribution in [0.25, 0.3) is 0 Å². The number of halogens is 2. The first-order valence-corrected chi connectivity index (χ1v) is 10.3. The third-order valence-corrected chi connectivity index (χ3v) is 5.96. The average Bonchev–Trinajstić information content (AvgIpc) is 3.28. The van der Waals surface area contributed by atoms with Crippen LogP contribution in [0.5, 0.6) is 5.75 Å². The monoisotopic (exact) mass is 412 g/mol. The van der Waals surface area contributed by atoms with Crippen molar-refractivity contribution in [1.82, 2.24) is 10.2 Å². The first kappa shape index (κ1) is 19.5. The Hall–Kier alpha value is -1.27. The number of nitrogens with zero attached hydrogens (tertiary/aromatic N) is 1. The molecule has 0 saturated carbocycles. The van der Waals surface area contributed by atoms with Crippen molar-refractivity contribution in [3.63, 3.8) is 0 Å². The van der Waals surface area contributed by atoms with E-state index in [4.69, 9.17) is 27.9 Å². The maximum Gasteiger partial charge on any atom is 0.258 e. The van der Waals surface area contributed by atoms with Crippen molar-refractivity contribution in [3.05, 3.63) is 50.6 Å². The molecule has 1 N–H and O–H groups in total. The molecule has 0 bridgehead atoms. The first-order valence-electron chi connectivity index (χ1n) is 8.69. The Balaban J connectivity index is 1.59. The third-order valence-electron chi connectivity index (χ3n) is 4.48. The molecule has 7 heteroatoms. The topological polar surface area (TPSA) is 41.6 Å². The van der Waals surface area contributed by atoms with Gasteiger partial charge in [-0.15, -0.1) is 11.3 Å². The van der Waals surface area contributed by atoms with E-state index in [1.165, 1.54) is 17.7 Å². The lowest BCUT2D eigenvalue weighted by molar-refractivity contribution is -0.124. The van der Waals surface area contributed by atoms with Crippen molar-refractivity contribution in [2.75, 3.05) is 19.7 Å². The number of hydrogen-bond acceptors (Lipinski definition) is 4. The van der Waals surface area contributed by atoms with E-state index in [0.29, 0.717) is 15.8 Å². The molecule has 0 spiro atoms. The van der Waals surface area contributed by atoms with Crippen LogP contribution in [0.4, 0.5) is 0 Å². The molecule has 2 heterocycles. The second-order valence-corrected chi connectivity index (χ2v) is 8.25. The van der Waals surface area contributed by atoms with Crippen molar-refractivity contribution in [2.45, 2.75) is 31.8 Å². The number of carbonyl (C=O) groups is 1. The molecule has 140 valence electrons. The summed E-state index contributed by atoms with van der Waals surface area (Å²) in [6.45, 7) is 4.11. The normalized spacial score (nSPS) is 17.0. The van der Waals surface area contributed by atoms with Gasteiger partial charge in [0.05, 0.1) is 11.1 Å². The van der Waals surface area contributed by atoms with Crippen LogP contribution in [-0.2, 0) is 4.79 Å². The summed E-state index contributed by atoms with van der Waals surface area (Å²) in [7, 11) is 0. The van der Waals surface area contributed by atoms with E-state index >= 15 is 0 Å². The highest BCUT2D eigenvalue weighted by Gasteiger charge is 2.30.